The Morgan fingerprint density at radius 3 is 2.47 bits per heavy atom. The molecule has 0 unspecified atom stereocenters. The Labute approximate surface area is 89.9 Å². The van der Waals surface area contributed by atoms with Crippen LogP contribution in [0.1, 0.15) is 19.4 Å². The molecule has 2 amide bonds. The molecule has 4 N–H and O–H groups in total. The summed E-state index contributed by atoms with van der Waals surface area (Å²) in [5.41, 5.74) is 7.31. The van der Waals surface area contributed by atoms with Crippen molar-refractivity contribution in [1.82, 2.24) is 10.6 Å². The predicted molar refractivity (Wildman–Crippen MR) is 61.4 cm³/mol. The lowest BCUT2D eigenvalue weighted by Crippen LogP contribution is -2.39. The van der Waals surface area contributed by atoms with Crippen LogP contribution in [0, 0.1) is 0 Å². The Morgan fingerprint density at radius 2 is 1.93 bits per heavy atom. The number of anilines is 1. The van der Waals surface area contributed by atoms with Crippen LogP contribution >= 0.6 is 0 Å². The van der Waals surface area contributed by atoms with Crippen molar-refractivity contribution < 1.29 is 4.79 Å². The van der Waals surface area contributed by atoms with Gasteiger partial charge in [-0.1, -0.05) is 12.1 Å². The monoisotopic (exact) mass is 207 g/mol. The predicted octanol–water partition coefficient (Wildman–Crippen LogP) is 1.48. The van der Waals surface area contributed by atoms with Crippen molar-refractivity contribution in [1.29, 1.82) is 0 Å². The summed E-state index contributed by atoms with van der Waals surface area (Å²) in [6.07, 6.45) is 0. The molecule has 0 fully saturated rings. The molecule has 0 aliphatic heterocycles. The molecule has 0 radical (unpaired) electrons. The fourth-order valence-electron chi connectivity index (χ4n) is 1.13. The number of rotatable bonds is 3. The van der Waals surface area contributed by atoms with E-state index in [4.69, 9.17) is 5.73 Å². The highest BCUT2D eigenvalue weighted by atomic mass is 16.2. The number of nitrogen functional groups attached to an aromatic ring is 1. The Hall–Kier alpha value is -1.71. The highest BCUT2D eigenvalue weighted by molar-refractivity contribution is 5.74. The molecule has 4 heteroatoms. The van der Waals surface area contributed by atoms with Crippen molar-refractivity contribution in [3.05, 3.63) is 29.8 Å². The van der Waals surface area contributed by atoms with E-state index in [9.17, 15) is 4.79 Å². The third kappa shape index (κ3) is 4.35. The van der Waals surface area contributed by atoms with Gasteiger partial charge in [0.05, 0.1) is 0 Å². The van der Waals surface area contributed by atoms with E-state index in [0.29, 0.717) is 6.54 Å². The highest BCUT2D eigenvalue weighted by Gasteiger charge is 2.01. The van der Waals surface area contributed by atoms with Crippen LogP contribution in [0.4, 0.5) is 10.5 Å². The number of hydrogen-bond donors (Lipinski definition) is 3. The molecule has 0 saturated carbocycles. The van der Waals surface area contributed by atoms with Crippen LogP contribution < -0.4 is 16.4 Å². The molecule has 0 aromatic heterocycles. The minimum Gasteiger partial charge on any atom is -0.399 e. The summed E-state index contributed by atoms with van der Waals surface area (Å²) >= 11 is 0. The Balaban J connectivity index is 2.37. The van der Waals surface area contributed by atoms with Gasteiger partial charge in [-0.25, -0.2) is 4.79 Å². The van der Waals surface area contributed by atoms with E-state index in [1.54, 1.807) is 0 Å². The van der Waals surface area contributed by atoms with Crippen molar-refractivity contribution in [2.75, 3.05) is 5.73 Å². The van der Waals surface area contributed by atoms with Gasteiger partial charge in [0.25, 0.3) is 0 Å². The van der Waals surface area contributed by atoms with E-state index in [-0.39, 0.29) is 12.1 Å². The quantitative estimate of drug-likeness (QED) is 0.657. The maximum absolute atomic E-state index is 11.2. The minimum atomic E-state index is -0.151. The van der Waals surface area contributed by atoms with E-state index < -0.39 is 0 Å². The first-order valence-corrected chi connectivity index (χ1v) is 4.96. The van der Waals surface area contributed by atoms with Gasteiger partial charge in [0.15, 0.2) is 0 Å². The minimum absolute atomic E-state index is 0.149. The average Bonchev–Trinajstić information content (AvgIpc) is 2.16. The highest BCUT2D eigenvalue weighted by Crippen LogP contribution is 2.04. The number of carbonyl (C=O) groups excluding carboxylic acids is 1. The molecule has 0 heterocycles. The zero-order valence-corrected chi connectivity index (χ0v) is 9.08. The van der Waals surface area contributed by atoms with Gasteiger partial charge in [0.2, 0.25) is 0 Å². The standard InChI is InChI=1S/C11H17N3O/c1-8(2)14-11(15)13-7-9-3-5-10(12)6-4-9/h3-6,8H,7,12H2,1-2H3,(H2,13,14,15). The smallest absolute Gasteiger partial charge is 0.315 e. The van der Waals surface area contributed by atoms with Gasteiger partial charge in [-0.3, -0.25) is 0 Å². The number of amides is 2. The van der Waals surface area contributed by atoms with Crippen LogP contribution in [-0.4, -0.2) is 12.1 Å². The van der Waals surface area contributed by atoms with E-state index in [0.717, 1.165) is 11.3 Å². The molecule has 82 valence electrons. The molecule has 0 bridgehead atoms. The lowest BCUT2D eigenvalue weighted by Gasteiger charge is -2.10. The second-order valence-corrected chi connectivity index (χ2v) is 3.72. The number of hydrogen-bond acceptors (Lipinski definition) is 2. The molecule has 15 heavy (non-hydrogen) atoms. The molecule has 0 aliphatic carbocycles. The molecule has 0 saturated heterocycles. The van der Waals surface area contributed by atoms with Crippen molar-refractivity contribution in [3.8, 4) is 0 Å². The Kier molecular flexibility index (Phi) is 3.97. The van der Waals surface area contributed by atoms with Gasteiger partial charge >= 0.3 is 6.03 Å². The zero-order valence-electron chi connectivity index (χ0n) is 9.08. The van der Waals surface area contributed by atoms with Gasteiger partial charge in [0, 0.05) is 18.3 Å². The molecule has 1 rings (SSSR count). The fourth-order valence-corrected chi connectivity index (χ4v) is 1.13. The van der Waals surface area contributed by atoms with Gasteiger partial charge < -0.3 is 16.4 Å². The maximum atomic E-state index is 11.2. The Morgan fingerprint density at radius 1 is 1.33 bits per heavy atom. The van der Waals surface area contributed by atoms with Crippen LogP contribution in [0.3, 0.4) is 0 Å². The third-order valence-corrected chi connectivity index (χ3v) is 1.85. The topological polar surface area (TPSA) is 67.2 Å². The zero-order chi connectivity index (χ0) is 11.3. The van der Waals surface area contributed by atoms with E-state index >= 15 is 0 Å². The van der Waals surface area contributed by atoms with Crippen LogP contribution in [0.2, 0.25) is 0 Å². The summed E-state index contributed by atoms with van der Waals surface area (Å²) in [4.78, 5) is 11.2. The van der Waals surface area contributed by atoms with Crippen LogP contribution in [0.25, 0.3) is 0 Å². The second-order valence-electron chi connectivity index (χ2n) is 3.72. The van der Waals surface area contributed by atoms with Crippen molar-refractivity contribution in [3.63, 3.8) is 0 Å². The first kappa shape index (κ1) is 11.4. The summed E-state index contributed by atoms with van der Waals surface area (Å²) < 4.78 is 0. The number of nitrogens with two attached hydrogens (primary N) is 1. The van der Waals surface area contributed by atoms with Gasteiger partial charge in [0.1, 0.15) is 0 Å². The average molecular weight is 207 g/mol. The summed E-state index contributed by atoms with van der Waals surface area (Å²) in [5.74, 6) is 0. The van der Waals surface area contributed by atoms with E-state index in [1.807, 2.05) is 38.1 Å². The van der Waals surface area contributed by atoms with Crippen LogP contribution in [0.5, 0.6) is 0 Å². The maximum Gasteiger partial charge on any atom is 0.315 e. The summed E-state index contributed by atoms with van der Waals surface area (Å²) in [6.45, 7) is 4.35. The first-order chi connectivity index (χ1) is 7.08. The summed E-state index contributed by atoms with van der Waals surface area (Å²) in [7, 11) is 0. The molecule has 1 aromatic carbocycles. The lowest BCUT2D eigenvalue weighted by atomic mass is 10.2. The SMILES string of the molecule is CC(C)NC(=O)NCc1ccc(N)cc1. The molecular weight excluding hydrogens is 190 g/mol. The second kappa shape index (κ2) is 5.24. The Bertz CT molecular complexity index is 319. The van der Waals surface area contributed by atoms with Gasteiger partial charge in [-0.2, -0.15) is 0 Å². The normalized spacial score (nSPS) is 10.1. The van der Waals surface area contributed by atoms with Gasteiger partial charge in [-0.05, 0) is 31.5 Å². The molecule has 0 aliphatic rings. The van der Waals surface area contributed by atoms with Gasteiger partial charge in [-0.15, -0.1) is 0 Å². The largest absolute Gasteiger partial charge is 0.399 e. The third-order valence-electron chi connectivity index (χ3n) is 1.85. The number of nitrogens with one attached hydrogen (secondary N) is 2. The molecule has 0 spiro atoms. The first-order valence-electron chi connectivity index (χ1n) is 4.96. The summed E-state index contributed by atoms with van der Waals surface area (Å²) in [5, 5.41) is 5.51. The van der Waals surface area contributed by atoms with Crippen LogP contribution in [-0.2, 0) is 6.54 Å². The molecule has 4 nitrogen and oxygen atoms in total. The molecule has 0 atom stereocenters. The fraction of sp³-hybridized carbons (Fsp3) is 0.364. The van der Waals surface area contributed by atoms with Crippen molar-refractivity contribution in [2.24, 2.45) is 0 Å². The number of urea groups is 1. The molecular formula is C11H17N3O. The van der Waals surface area contributed by atoms with Crippen molar-refractivity contribution >= 4 is 11.7 Å². The van der Waals surface area contributed by atoms with E-state index in [2.05, 4.69) is 10.6 Å². The molecule has 1 aromatic rings. The summed E-state index contributed by atoms with van der Waals surface area (Å²) in [6, 6.07) is 7.42. The van der Waals surface area contributed by atoms with Crippen LogP contribution in [0.15, 0.2) is 24.3 Å². The van der Waals surface area contributed by atoms with E-state index in [1.165, 1.54) is 0 Å². The number of benzene rings is 1. The lowest BCUT2D eigenvalue weighted by molar-refractivity contribution is 0.238. The van der Waals surface area contributed by atoms with Crippen molar-refractivity contribution in [2.45, 2.75) is 26.4 Å². The number of carbonyl (C=O) groups is 1.